The van der Waals surface area contributed by atoms with Crippen molar-refractivity contribution in [3.05, 3.63) is 71.1 Å². The Morgan fingerprint density at radius 1 is 1.14 bits per heavy atom. The predicted octanol–water partition coefficient (Wildman–Crippen LogP) is 4.42. The van der Waals surface area contributed by atoms with Crippen molar-refractivity contribution in [3.63, 3.8) is 0 Å². The van der Waals surface area contributed by atoms with Crippen molar-refractivity contribution >= 4 is 43.7 Å². The Labute approximate surface area is 173 Å². The van der Waals surface area contributed by atoms with E-state index in [-0.39, 0.29) is 4.90 Å². The molecule has 0 unspecified atom stereocenters. The number of sulfonamides is 1. The van der Waals surface area contributed by atoms with Crippen molar-refractivity contribution in [3.8, 4) is 0 Å². The molecule has 0 atom stereocenters. The van der Waals surface area contributed by atoms with Crippen molar-refractivity contribution in [2.24, 2.45) is 0 Å². The first-order chi connectivity index (χ1) is 14.0. The summed E-state index contributed by atoms with van der Waals surface area (Å²) in [5.41, 5.74) is 2.78. The molecule has 0 radical (unpaired) electrons. The van der Waals surface area contributed by atoms with Gasteiger partial charge in [0.25, 0.3) is 10.0 Å². The monoisotopic (exact) mass is 428 g/mol. The van der Waals surface area contributed by atoms with Gasteiger partial charge in [0.15, 0.2) is 0 Å². The number of carbonyl (C=O) groups excluding carboxylic acids is 1. The SMILES string of the molecule is COC(=O)c1ccsc1Nc1cccc(S(=O)(=O)N2CCCc3ccccc32)c1. The molecule has 2 aromatic carbocycles. The number of rotatable bonds is 5. The Hall–Kier alpha value is -2.84. The molecule has 4 rings (SSSR count). The molecule has 0 aliphatic carbocycles. The molecule has 1 aromatic heterocycles. The van der Waals surface area contributed by atoms with Gasteiger partial charge in [0, 0.05) is 12.2 Å². The number of ether oxygens (including phenoxy) is 1. The van der Waals surface area contributed by atoms with Crippen LogP contribution in [0.1, 0.15) is 22.3 Å². The minimum Gasteiger partial charge on any atom is -0.465 e. The van der Waals surface area contributed by atoms with Crippen LogP contribution in [0.5, 0.6) is 0 Å². The number of methoxy groups -OCH3 is 1. The molecular formula is C21H20N2O4S2. The van der Waals surface area contributed by atoms with E-state index in [2.05, 4.69) is 5.32 Å². The summed E-state index contributed by atoms with van der Waals surface area (Å²) < 4.78 is 33.0. The molecule has 2 heterocycles. The van der Waals surface area contributed by atoms with Crippen LogP contribution in [-0.2, 0) is 21.2 Å². The first-order valence-electron chi connectivity index (χ1n) is 9.14. The second-order valence-corrected chi connectivity index (χ2v) is 9.40. The molecular weight excluding hydrogens is 408 g/mol. The number of aryl methyl sites for hydroxylation is 1. The molecule has 1 aliphatic rings. The number of benzene rings is 2. The summed E-state index contributed by atoms with van der Waals surface area (Å²) in [6.07, 6.45) is 1.66. The fourth-order valence-corrected chi connectivity index (χ4v) is 5.80. The maximum Gasteiger partial charge on any atom is 0.340 e. The predicted molar refractivity (Wildman–Crippen MR) is 115 cm³/mol. The summed E-state index contributed by atoms with van der Waals surface area (Å²) in [5, 5.41) is 5.52. The zero-order valence-corrected chi connectivity index (χ0v) is 17.4. The summed E-state index contributed by atoms with van der Waals surface area (Å²) in [6, 6.07) is 15.9. The maximum atomic E-state index is 13.4. The smallest absolute Gasteiger partial charge is 0.340 e. The maximum absolute atomic E-state index is 13.4. The van der Waals surface area contributed by atoms with E-state index in [1.807, 2.05) is 24.3 Å². The highest BCUT2D eigenvalue weighted by atomic mass is 32.2. The number of anilines is 3. The van der Waals surface area contributed by atoms with Gasteiger partial charge in [-0.05, 0) is 54.1 Å². The zero-order chi connectivity index (χ0) is 20.4. The van der Waals surface area contributed by atoms with Gasteiger partial charge in [-0.2, -0.15) is 0 Å². The molecule has 8 heteroatoms. The molecule has 0 spiro atoms. The van der Waals surface area contributed by atoms with Gasteiger partial charge in [0.2, 0.25) is 0 Å². The fourth-order valence-electron chi connectivity index (χ4n) is 3.42. The van der Waals surface area contributed by atoms with E-state index < -0.39 is 16.0 Å². The largest absolute Gasteiger partial charge is 0.465 e. The van der Waals surface area contributed by atoms with Gasteiger partial charge >= 0.3 is 5.97 Å². The van der Waals surface area contributed by atoms with E-state index >= 15 is 0 Å². The number of nitrogens with zero attached hydrogens (tertiary/aromatic N) is 1. The van der Waals surface area contributed by atoms with E-state index in [0.717, 1.165) is 24.1 Å². The molecule has 0 saturated heterocycles. The Morgan fingerprint density at radius 2 is 1.97 bits per heavy atom. The first kappa shape index (κ1) is 19.5. The third-order valence-electron chi connectivity index (χ3n) is 4.82. The van der Waals surface area contributed by atoms with Crippen LogP contribution in [-0.4, -0.2) is 28.0 Å². The van der Waals surface area contributed by atoms with E-state index in [1.165, 1.54) is 22.8 Å². The minimum atomic E-state index is -3.70. The lowest BCUT2D eigenvalue weighted by molar-refractivity contribution is 0.0602. The molecule has 0 amide bonds. The Balaban J connectivity index is 1.66. The van der Waals surface area contributed by atoms with Crippen LogP contribution in [0.3, 0.4) is 0 Å². The minimum absolute atomic E-state index is 0.204. The van der Waals surface area contributed by atoms with Gasteiger partial charge < -0.3 is 10.1 Å². The van der Waals surface area contributed by atoms with Crippen molar-refractivity contribution < 1.29 is 17.9 Å². The number of carbonyl (C=O) groups is 1. The van der Waals surface area contributed by atoms with Crippen molar-refractivity contribution in [2.45, 2.75) is 17.7 Å². The number of nitrogens with one attached hydrogen (secondary N) is 1. The quantitative estimate of drug-likeness (QED) is 0.609. The lowest BCUT2D eigenvalue weighted by Gasteiger charge is -2.30. The number of fused-ring (bicyclic) bond motifs is 1. The second kappa shape index (κ2) is 7.88. The molecule has 6 nitrogen and oxygen atoms in total. The summed E-state index contributed by atoms with van der Waals surface area (Å²) in [7, 11) is -2.38. The Bertz CT molecular complexity index is 1150. The van der Waals surface area contributed by atoms with Crippen LogP contribution in [0.2, 0.25) is 0 Å². The molecule has 0 fully saturated rings. The lowest BCUT2D eigenvalue weighted by atomic mass is 10.0. The standard InChI is InChI=1S/C21H20N2O4S2/c1-27-21(24)18-11-13-28-20(18)22-16-8-4-9-17(14-16)29(25,26)23-12-5-7-15-6-2-3-10-19(15)23/h2-4,6,8-11,13-14,22H,5,7,12H2,1H3. The van der Waals surface area contributed by atoms with Crippen LogP contribution in [0, 0.1) is 0 Å². The van der Waals surface area contributed by atoms with Gasteiger partial charge in [-0.25, -0.2) is 13.2 Å². The van der Waals surface area contributed by atoms with Gasteiger partial charge in [0.05, 0.1) is 23.3 Å². The third kappa shape index (κ3) is 3.73. The lowest BCUT2D eigenvalue weighted by Crippen LogP contribution is -2.35. The average molecular weight is 429 g/mol. The van der Waals surface area contributed by atoms with Crippen molar-refractivity contribution in [2.75, 3.05) is 23.3 Å². The van der Waals surface area contributed by atoms with Crippen LogP contribution in [0.15, 0.2) is 64.9 Å². The average Bonchev–Trinajstić information content (AvgIpc) is 3.21. The number of para-hydroxylation sites is 1. The topological polar surface area (TPSA) is 75.7 Å². The Morgan fingerprint density at radius 3 is 2.79 bits per heavy atom. The van der Waals surface area contributed by atoms with E-state index in [0.29, 0.717) is 22.8 Å². The molecule has 150 valence electrons. The van der Waals surface area contributed by atoms with Crippen LogP contribution < -0.4 is 9.62 Å². The van der Waals surface area contributed by atoms with Crippen LogP contribution >= 0.6 is 11.3 Å². The van der Waals surface area contributed by atoms with Gasteiger partial charge in [-0.1, -0.05) is 24.3 Å². The van der Waals surface area contributed by atoms with Gasteiger partial charge in [0.1, 0.15) is 5.00 Å². The van der Waals surface area contributed by atoms with Crippen molar-refractivity contribution in [1.29, 1.82) is 0 Å². The molecule has 0 saturated carbocycles. The molecule has 0 bridgehead atoms. The molecule has 29 heavy (non-hydrogen) atoms. The van der Waals surface area contributed by atoms with E-state index in [4.69, 9.17) is 4.74 Å². The van der Waals surface area contributed by atoms with E-state index in [1.54, 1.807) is 35.7 Å². The first-order valence-corrected chi connectivity index (χ1v) is 11.5. The number of hydrogen-bond acceptors (Lipinski definition) is 6. The highest BCUT2D eigenvalue weighted by Gasteiger charge is 2.29. The normalized spacial score (nSPS) is 13.6. The molecule has 1 aliphatic heterocycles. The van der Waals surface area contributed by atoms with Gasteiger partial charge in [-0.15, -0.1) is 11.3 Å². The highest BCUT2D eigenvalue weighted by Crippen LogP contribution is 2.33. The van der Waals surface area contributed by atoms with Crippen molar-refractivity contribution in [1.82, 2.24) is 0 Å². The number of thiophene rings is 1. The Kier molecular flexibility index (Phi) is 5.29. The third-order valence-corrected chi connectivity index (χ3v) is 7.46. The zero-order valence-electron chi connectivity index (χ0n) is 15.8. The summed E-state index contributed by atoms with van der Waals surface area (Å²) in [4.78, 5) is 12.1. The van der Waals surface area contributed by atoms with Crippen LogP contribution in [0.4, 0.5) is 16.4 Å². The number of hydrogen-bond donors (Lipinski definition) is 1. The van der Waals surface area contributed by atoms with Gasteiger partial charge in [-0.3, -0.25) is 4.31 Å². The van der Waals surface area contributed by atoms with E-state index in [9.17, 15) is 13.2 Å². The molecule has 3 aromatic rings. The van der Waals surface area contributed by atoms with Crippen LogP contribution in [0.25, 0.3) is 0 Å². The fraction of sp³-hybridized carbons (Fsp3) is 0.190. The summed E-state index contributed by atoms with van der Waals surface area (Å²) in [5.74, 6) is -0.442. The number of esters is 1. The summed E-state index contributed by atoms with van der Waals surface area (Å²) >= 11 is 1.35. The second-order valence-electron chi connectivity index (χ2n) is 6.62. The highest BCUT2D eigenvalue weighted by molar-refractivity contribution is 7.92. The molecule has 1 N–H and O–H groups in total. The summed E-state index contributed by atoms with van der Waals surface area (Å²) in [6.45, 7) is 0.453.